The number of rotatable bonds is 13. The molecular weight excluding hydrogens is 662 g/mol. The molecule has 52 heavy (non-hydrogen) atoms. The minimum Gasteiger partial charge on any atom is -0.480 e. The number of nitrogens with zero attached hydrogens (tertiary/aromatic N) is 6. The van der Waals surface area contributed by atoms with Gasteiger partial charge in [0.2, 0.25) is 11.7 Å². The SMILES string of the molecule is CCC(C)(C)C(=O)OCCCN1c2cc(C)c(/N=C3/C(C(C)(C)C)=Nn4nc(-c5ccc(NC(=O)COCC(=O)O)cc5)nc43)cc2CCC1(C)C. The minimum absolute atomic E-state index is 0.0515. The fourth-order valence-electron chi connectivity index (χ4n) is 6.10. The minimum atomic E-state index is -1.14. The number of carboxylic acid groups (broad SMARTS) is 1. The first-order valence-corrected chi connectivity index (χ1v) is 17.8. The Morgan fingerprint density at radius 3 is 2.42 bits per heavy atom. The quantitative estimate of drug-likeness (QED) is 0.147. The molecule has 2 aromatic carbocycles. The molecule has 2 aliphatic heterocycles. The van der Waals surface area contributed by atoms with Crippen molar-refractivity contribution in [3.05, 3.63) is 53.3 Å². The van der Waals surface area contributed by atoms with Crippen molar-refractivity contribution in [1.82, 2.24) is 14.9 Å². The van der Waals surface area contributed by atoms with Crippen molar-refractivity contribution in [2.24, 2.45) is 20.9 Å². The molecule has 0 bridgehead atoms. The van der Waals surface area contributed by atoms with Crippen molar-refractivity contribution in [3.8, 4) is 11.4 Å². The van der Waals surface area contributed by atoms with Gasteiger partial charge in [-0.2, -0.15) is 5.10 Å². The number of benzene rings is 2. The Labute approximate surface area is 305 Å². The number of anilines is 2. The van der Waals surface area contributed by atoms with Gasteiger partial charge >= 0.3 is 11.9 Å². The summed E-state index contributed by atoms with van der Waals surface area (Å²) in [5.74, 6) is -0.734. The number of carbonyl (C=O) groups excluding carboxylic acids is 2. The van der Waals surface area contributed by atoms with Crippen LogP contribution in [0.4, 0.5) is 17.1 Å². The number of amides is 1. The first-order valence-electron chi connectivity index (χ1n) is 17.8. The predicted molar refractivity (Wildman–Crippen MR) is 202 cm³/mol. The van der Waals surface area contributed by atoms with Crippen LogP contribution in [0.3, 0.4) is 0 Å². The number of carboxylic acids is 1. The maximum absolute atomic E-state index is 12.5. The molecule has 0 saturated carbocycles. The number of ether oxygens (including phenoxy) is 2. The largest absolute Gasteiger partial charge is 0.480 e. The van der Waals surface area contributed by atoms with Crippen LogP contribution in [0.15, 0.2) is 46.5 Å². The molecule has 3 aromatic rings. The smallest absolute Gasteiger partial charge is 0.329 e. The summed E-state index contributed by atoms with van der Waals surface area (Å²) in [6.45, 7) is 19.0. The number of aryl methyl sites for hydroxylation is 2. The van der Waals surface area contributed by atoms with Gasteiger partial charge in [0.05, 0.1) is 23.4 Å². The first kappa shape index (κ1) is 38.3. The van der Waals surface area contributed by atoms with E-state index in [1.54, 1.807) is 24.3 Å². The number of hydrogen-bond acceptors (Lipinski definition) is 10. The van der Waals surface area contributed by atoms with Crippen LogP contribution >= 0.6 is 0 Å². The first-order chi connectivity index (χ1) is 24.4. The maximum atomic E-state index is 12.5. The van der Waals surface area contributed by atoms with E-state index < -0.39 is 23.9 Å². The zero-order chi connectivity index (χ0) is 38.0. The molecule has 278 valence electrons. The molecule has 3 heterocycles. The molecule has 13 nitrogen and oxygen atoms in total. The number of carbonyl (C=O) groups is 3. The Hall–Kier alpha value is -4.91. The topological polar surface area (TPSA) is 161 Å². The van der Waals surface area contributed by atoms with Crippen LogP contribution in [0.25, 0.3) is 11.4 Å². The fourth-order valence-corrected chi connectivity index (χ4v) is 6.10. The highest BCUT2D eigenvalue weighted by molar-refractivity contribution is 6.50. The van der Waals surface area contributed by atoms with Crippen LogP contribution < -0.4 is 10.2 Å². The number of esters is 1. The van der Waals surface area contributed by atoms with Gasteiger partial charge in [-0.25, -0.2) is 14.8 Å². The van der Waals surface area contributed by atoms with Gasteiger partial charge in [-0.15, -0.1) is 9.89 Å². The lowest BCUT2D eigenvalue weighted by atomic mass is 9.85. The van der Waals surface area contributed by atoms with Gasteiger partial charge in [0, 0.05) is 34.4 Å². The third kappa shape index (κ3) is 8.58. The van der Waals surface area contributed by atoms with Gasteiger partial charge < -0.3 is 24.8 Å². The third-order valence-electron chi connectivity index (χ3n) is 9.67. The summed E-state index contributed by atoms with van der Waals surface area (Å²) in [4.78, 5) is 49.3. The fraction of sp³-hybridized carbons (Fsp3) is 0.513. The van der Waals surface area contributed by atoms with Crippen LogP contribution in [-0.2, 0) is 30.3 Å². The van der Waals surface area contributed by atoms with E-state index in [1.165, 1.54) is 16.0 Å². The maximum Gasteiger partial charge on any atom is 0.329 e. The zero-order valence-corrected chi connectivity index (χ0v) is 31.8. The molecule has 2 aliphatic rings. The standard InChI is InChI=1S/C39H51N7O6/c1-10-38(6,7)36(50)52-19-11-18-45-29-20-24(2)28(21-26(29)16-17-39(45,8)9)41-32-33(37(3,4)5)43-46-35(32)42-34(44-46)25-12-14-27(15-13-25)40-30(47)22-51-23-31(48)49/h12-15,20-21H,10-11,16-19,22-23H2,1-9H3,(H,40,47)(H,48,49)/b41-32-. The van der Waals surface area contributed by atoms with Crippen molar-refractivity contribution >= 4 is 46.3 Å². The molecule has 0 unspecified atom stereocenters. The van der Waals surface area contributed by atoms with Crippen molar-refractivity contribution in [3.63, 3.8) is 0 Å². The van der Waals surface area contributed by atoms with Crippen LogP contribution in [0.2, 0.25) is 0 Å². The molecule has 0 radical (unpaired) electrons. The Morgan fingerprint density at radius 2 is 1.77 bits per heavy atom. The van der Waals surface area contributed by atoms with Crippen molar-refractivity contribution < 1.29 is 29.0 Å². The van der Waals surface area contributed by atoms with Gasteiger partial charge in [-0.3, -0.25) is 9.59 Å². The zero-order valence-electron chi connectivity index (χ0n) is 31.8. The van der Waals surface area contributed by atoms with E-state index in [9.17, 15) is 14.4 Å². The summed E-state index contributed by atoms with van der Waals surface area (Å²) in [6.07, 6.45) is 3.38. The Balaban J connectivity index is 1.37. The second-order valence-electron chi connectivity index (χ2n) is 15.8. The number of aliphatic carboxylic acids is 1. The average molecular weight is 714 g/mol. The summed E-state index contributed by atoms with van der Waals surface area (Å²) >= 11 is 0. The molecule has 0 fully saturated rings. The normalized spacial score (nSPS) is 16.0. The van der Waals surface area contributed by atoms with E-state index in [2.05, 4.69) is 69.0 Å². The number of hydrogen-bond donors (Lipinski definition) is 2. The summed E-state index contributed by atoms with van der Waals surface area (Å²) in [5.41, 5.74) is 6.15. The third-order valence-corrected chi connectivity index (χ3v) is 9.67. The molecule has 5 rings (SSSR count). The van der Waals surface area contributed by atoms with E-state index in [0.717, 1.165) is 54.8 Å². The lowest BCUT2D eigenvalue weighted by Crippen LogP contribution is -2.48. The summed E-state index contributed by atoms with van der Waals surface area (Å²) in [5, 5.41) is 20.9. The Morgan fingerprint density at radius 1 is 1.06 bits per heavy atom. The number of nitrogens with one attached hydrogen (secondary N) is 1. The molecule has 13 heteroatoms. The van der Waals surface area contributed by atoms with Crippen LogP contribution in [-0.4, -0.2) is 81.2 Å². The Kier molecular flexibility index (Phi) is 11.0. The van der Waals surface area contributed by atoms with Gasteiger partial charge in [0.25, 0.3) is 0 Å². The van der Waals surface area contributed by atoms with Crippen molar-refractivity contribution in [2.45, 2.75) is 93.5 Å². The Bertz CT molecular complexity index is 1900. The van der Waals surface area contributed by atoms with Crippen LogP contribution in [0.5, 0.6) is 0 Å². The van der Waals surface area contributed by atoms with Crippen LogP contribution in [0.1, 0.15) is 91.6 Å². The van der Waals surface area contributed by atoms with Gasteiger partial charge in [-0.05, 0) is 108 Å². The predicted octanol–water partition coefficient (Wildman–Crippen LogP) is 6.58. The lowest BCUT2D eigenvalue weighted by Gasteiger charge is -2.45. The lowest BCUT2D eigenvalue weighted by molar-refractivity contribution is -0.154. The van der Waals surface area contributed by atoms with Crippen LogP contribution in [0, 0.1) is 17.8 Å². The van der Waals surface area contributed by atoms with Crippen molar-refractivity contribution in [1.29, 1.82) is 0 Å². The molecule has 0 spiro atoms. The monoisotopic (exact) mass is 713 g/mol. The highest BCUT2D eigenvalue weighted by Gasteiger charge is 2.36. The molecule has 0 aliphatic carbocycles. The molecule has 0 saturated heterocycles. The van der Waals surface area contributed by atoms with E-state index in [-0.39, 0.29) is 23.5 Å². The number of fused-ring (bicyclic) bond motifs is 2. The van der Waals surface area contributed by atoms with E-state index in [0.29, 0.717) is 29.7 Å². The summed E-state index contributed by atoms with van der Waals surface area (Å²) < 4.78 is 10.5. The summed E-state index contributed by atoms with van der Waals surface area (Å²) in [6, 6.07) is 11.4. The number of aromatic nitrogens is 3. The second-order valence-corrected chi connectivity index (χ2v) is 15.8. The molecular formula is C39H51N7O6. The van der Waals surface area contributed by atoms with E-state index in [4.69, 9.17) is 29.7 Å². The van der Waals surface area contributed by atoms with E-state index in [1.807, 2.05) is 20.8 Å². The molecule has 0 atom stereocenters. The molecule has 2 N–H and O–H groups in total. The van der Waals surface area contributed by atoms with Gasteiger partial charge in [0.1, 0.15) is 18.9 Å². The van der Waals surface area contributed by atoms with Crippen molar-refractivity contribution in [2.75, 3.05) is 36.6 Å². The van der Waals surface area contributed by atoms with Gasteiger partial charge in [-0.1, -0.05) is 27.7 Å². The highest BCUT2D eigenvalue weighted by atomic mass is 16.5. The summed E-state index contributed by atoms with van der Waals surface area (Å²) in [7, 11) is 0. The van der Waals surface area contributed by atoms with Gasteiger partial charge in [0.15, 0.2) is 5.82 Å². The molecule has 1 amide bonds. The average Bonchev–Trinajstić information content (AvgIpc) is 3.64. The molecule has 1 aromatic heterocycles. The highest BCUT2D eigenvalue weighted by Crippen LogP contribution is 2.41. The van der Waals surface area contributed by atoms with E-state index >= 15 is 0 Å². The second kappa shape index (κ2) is 15.0. The number of aliphatic imine (C=N–C) groups is 1.